The summed E-state index contributed by atoms with van der Waals surface area (Å²) in [5.41, 5.74) is 2.47. The van der Waals surface area contributed by atoms with Crippen molar-refractivity contribution in [3.8, 4) is 0 Å². The molecule has 22 heavy (non-hydrogen) atoms. The lowest BCUT2D eigenvalue weighted by Crippen LogP contribution is -2.41. The fourth-order valence-corrected chi connectivity index (χ4v) is 2.69. The third-order valence-corrected chi connectivity index (χ3v) is 4.04. The molecule has 1 aromatic carbocycles. The molecule has 0 aromatic heterocycles. The van der Waals surface area contributed by atoms with Gasteiger partial charge in [-0.2, -0.15) is 0 Å². The van der Waals surface area contributed by atoms with Crippen molar-refractivity contribution in [2.45, 2.75) is 45.8 Å². The van der Waals surface area contributed by atoms with Gasteiger partial charge in [-0.3, -0.25) is 0 Å². The number of aliphatic hydroxyl groups excluding tert-OH is 1. The van der Waals surface area contributed by atoms with Crippen LogP contribution in [0.4, 0.5) is 0 Å². The predicted octanol–water partition coefficient (Wildman–Crippen LogP) is 2.83. The second kappa shape index (κ2) is 10.0. The van der Waals surface area contributed by atoms with E-state index >= 15 is 0 Å². The topological polar surface area (TPSA) is 56.7 Å². The van der Waals surface area contributed by atoms with Gasteiger partial charge < -0.3 is 15.7 Å². The summed E-state index contributed by atoms with van der Waals surface area (Å²) in [4.78, 5) is 4.61. The highest BCUT2D eigenvalue weighted by molar-refractivity contribution is 14.0. The van der Waals surface area contributed by atoms with E-state index in [0.29, 0.717) is 12.5 Å². The van der Waals surface area contributed by atoms with Gasteiger partial charge in [0.1, 0.15) is 0 Å². The molecule has 124 valence electrons. The number of rotatable bonds is 5. The highest BCUT2D eigenvalue weighted by Gasteiger charge is 2.24. The highest BCUT2D eigenvalue weighted by Crippen LogP contribution is 2.24. The number of aliphatic hydroxyl groups is 1. The van der Waals surface area contributed by atoms with Gasteiger partial charge in [-0.1, -0.05) is 36.2 Å². The Hall–Kier alpha value is -0.820. The summed E-state index contributed by atoms with van der Waals surface area (Å²) in [5, 5.41) is 16.5. The van der Waals surface area contributed by atoms with Gasteiger partial charge in [0.2, 0.25) is 0 Å². The van der Waals surface area contributed by atoms with Crippen LogP contribution in [-0.2, 0) is 6.54 Å². The molecule has 3 N–H and O–H groups in total. The third kappa shape index (κ3) is 6.12. The first-order valence-electron chi connectivity index (χ1n) is 7.95. The lowest BCUT2D eigenvalue weighted by molar-refractivity contribution is 0.134. The minimum atomic E-state index is -0.155. The second-order valence-electron chi connectivity index (χ2n) is 5.82. The number of aryl methyl sites for hydroxylation is 1. The average molecular weight is 417 g/mol. The predicted molar refractivity (Wildman–Crippen MR) is 103 cm³/mol. The first kappa shape index (κ1) is 19.2. The normalized spacial score (nSPS) is 21.3. The number of benzene rings is 1. The summed E-state index contributed by atoms with van der Waals surface area (Å²) >= 11 is 0. The molecule has 1 aliphatic carbocycles. The van der Waals surface area contributed by atoms with Crippen molar-refractivity contribution in [1.29, 1.82) is 0 Å². The van der Waals surface area contributed by atoms with Gasteiger partial charge in [0.15, 0.2) is 5.96 Å². The first-order chi connectivity index (χ1) is 10.2. The van der Waals surface area contributed by atoms with E-state index in [1.54, 1.807) is 0 Å². The maximum Gasteiger partial charge on any atom is 0.191 e. The zero-order chi connectivity index (χ0) is 15.1. The van der Waals surface area contributed by atoms with Crippen LogP contribution in [0.15, 0.2) is 29.3 Å². The fraction of sp³-hybridized carbons (Fsp3) is 0.588. The van der Waals surface area contributed by atoms with Crippen LogP contribution in [0.1, 0.15) is 37.3 Å². The van der Waals surface area contributed by atoms with E-state index in [2.05, 4.69) is 53.7 Å². The average Bonchev–Trinajstić information content (AvgIpc) is 2.89. The summed E-state index contributed by atoms with van der Waals surface area (Å²) < 4.78 is 0. The van der Waals surface area contributed by atoms with Crippen LogP contribution in [-0.4, -0.2) is 30.3 Å². The van der Waals surface area contributed by atoms with E-state index in [1.807, 2.05) is 0 Å². The van der Waals surface area contributed by atoms with Crippen molar-refractivity contribution in [2.24, 2.45) is 10.9 Å². The number of aliphatic imine (C=N–C) groups is 1. The van der Waals surface area contributed by atoms with Gasteiger partial charge in [0, 0.05) is 19.0 Å². The van der Waals surface area contributed by atoms with Crippen molar-refractivity contribution in [1.82, 2.24) is 10.6 Å². The number of guanidine groups is 1. The van der Waals surface area contributed by atoms with Gasteiger partial charge in [-0.05, 0) is 32.3 Å². The molecular weight excluding hydrogens is 389 g/mol. The van der Waals surface area contributed by atoms with Crippen molar-refractivity contribution < 1.29 is 5.11 Å². The number of halogens is 1. The molecule has 2 unspecified atom stereocenters. The summed E-state index contributed by atoms with van der Waals surface area (Å²) in [7, 11) is 0. The Labute approximate surface area is 150 Å². The number of nitrogens with zero attached hydrogens (tertiary/aromatic N) is 1. The van der Waals surface area contributed by atoms with Crippen LogP contribution in [0.2, 0.25) is 0 Å². The third-order valence-electron chi connectivity index (χ3n) is 4.04. The molecule has 1 fully saturated rings. The second-order valence-corrected chi connectivity index (χ2v) is 5.82. The lowest BCUT2D eigenvalue weighted by atomic mass is 10.1. The van der Waals surface area contributed by atoms with E-state index in [0.717, 1.165) is 38.3 Å². The summed E-state index contributed by atoms with van der Waals surface area (Å²) in [6.45, 7) is 6.45. The lowest BCUT2D eigenvalue weighted by Gasteiger charge is -2.17. The Morgan fingerprint density at radius 2 is 1.95 bits per heavy atom. The molecule has 2 rings (SSSR count). The van der Waals surface area contributed by atoms with Gasteiger partial charge >= 0.3 is 0 Å². The van der Waals surface area contributed by atoms with Crippen LogP contribution in [0.3, 0.4) is 0 Å². The van der Waals surface area contributed by atoms with Crippen LogP contribution < -0.4 is 10.6 Å². The van der Waals surface area contributed by atoms with Gasteiger partial charge in [0.25, 0.3) is 0 Å². The molecule has 0 amide bonds. The SMILES string of the molecule is CCNC(=NCc1ccc(C)cc1)NCC1CCCC1O.I. The smallest absolute Gasteiger partial charge is 0.191 e. The Bertz CT molecular complexity index is 461. The molecule has 2 atom stereocenters. The monoisotopic (exact) mass is 417 g/mol. The van der Waals surface area contributed by atoms with Crippen LogP contribution >= 0.6 is 24.0 Å². The molecule has 0 bridgehead atoms. The molecule has 0 radical (unpaired) electrons. The molecule has 4 nitrogen and oxygen atoms in total. The van der Waals surface area contributed by atoms with Crippen molar-refractivity contribution >= 4 is 29.9 Å². The summed E-state index contributed by atoms with van der Waals surface area (Å²) in [6.07, 6.45) is 3.01. The van der Waals surface area contributed by atoms with E-state index in [-0.39, 0.29) is 30.1 Å². The van der Waals surface area contributed by atoms with Crippen LogP contribution in [0, 0.1) is 12.8 Å². The molecule has 0 spiro atoms. The Kier molecular flexibility index (Phi) is 8.78. The van der Waals surface area contributed by atoms with Crippen LogP contribution in [0.5, 0.6) is 0 Å². The number of nitrogens with one attached hydrogen (secondary N) is 2. The largest absolute Gasteiger partial charge is 0.393 e. The van der Waals surface area contributed by atoms with Gasteiger partial charge in [-0.15, -0.1) is 24.0 Å². The van der Waals surface area contributed by atoms with E-state index in [4.69, 9.17) is 0 Å². The number of hydrogen-bond donors (Lipinski definition) is 3. The van der Waals surface area contributed by atoms with Crippen molar-refractivity contribution in [3.05, 3.63) is 35.4 Å². The van der Waals surface area contributed by atoms with Crippen LogP contribution in [0.25, 0.3) is 0 Å². The summed E-state index contributed by atoms with van der Waals surface area (Å²) in [6, 6.07) is 8.45. The maximum absolute atomic E-state index is 9.87. The summed E-state index contributed by atoms with van der Waals surface area (Å²) in [5.74, 6) is 1.19. The van der Waals surface area contributed by atoms with Crippen molar-refractivity contribution in [3.63, 3.8) is 0 Å². The van der Waals surface area contributed by atoms with Crippen molar-refractivity contribution in [2.75, 3.05) is 13.1 Å². The minimum absolute atomic E-state index is 0. The zero-order valence-electron chi connectivity index (χ0n) is 13.5. The molecule has 5 heteroatoms. The molecular formula is C17H28IN3O. The molecule has 1 aromatic rings. The molecule has 1 saturated carbocycles. The van der Waals surface area contributed by atoms with Gasteiger partial charge in [0.05, 0.1) is 12.6 Å². The van der Waals surface area contributed by atoms with E-state index in [1.165, 1.54) is 11.1 Å². The standard InChI is InChI=1S/C17H27N3O.HI/c1-3-18-17(20-12-15-5-4-6-16(15)21)19-11-14-9-7-13(2)8-10-14;/h7-10,15-16,21H,3-6,11-12H2,1-2H3,(H2,18,19,20);1H. The molecule has 0 aliphatic heterocycles. The van der Waals surface area contributed by atoms with E-state index < -0.39 is 0 Å². The van der Waals surface area contributed by atoms with Gasteiger partial charge in [-0.25, -0.2) is 4.99 Å². The zero-order valence-corrected chi connectivity index (χ0v) is 15.8. The Balaban J connectivity index is 0.00000242. The Morgan fingerprint density at radius 3 is 2.55 bits per heavy atom. The molecule has 0 saturated heterocycles. The first-order valence-corrected chi connectivity index (χ1v) is 7.95. The quantitative estimate of drug-likeness (QED) is 0.393. The molecule has 1 aliphatic rings. The minimum Gasteiger partial charge on any atom is -0.393 e. The fourth-order valence-electron chi connectivity index (χ4n) is 2.69. The molecule has 0 heterocycles. The number of hydrogen-bond acceptors (Lipinski definition) is 2. The highest BCUT2D eigenvalue weighted by atomic mass is 127. The van der Waals surface area contributed by atoms with E-state index in [9.17, 15) is 5.11 Å². The Morgan fingerprint density at radius 1 is 1.23 bits per heavy atom. The maximum atomic E-state index is 9.87.